The lowest BCUT2D eigenvalue weighted by Gasteiger charge is -2.12. The van der Waals surface area contributed by atoms with Gasteiger partial charge in [0.2, 0.25) is 10.0 Å². The quantitative estimate of drug-likeness (QED) is 0.931. The molecule has 0 unspecified atom stereocenters. The van der Waals surface area contributed by atoms with E-state index >= 15 is 0 Å². The lowest BCUT2D eigenvalue weighted by atomic mass is 10.1. The van der Waals surface area contributed by atoms with Crippen molar-refractivity contribution in [1.29, 1.82) is 0 Å². The summed E-state index contributed by atoms with van der Waals surface area (Å²) in [5.74, 6) is 0. The van der Waals surface area contributed by atoms with Gasteiger partial charge in [-0.15, -0.1) is 0 Å². The molecule has 0 spiro atoms. The molecule has 3 nitrogen and oxygen atoms in total. The van der Waals surface area contributed by atoms with Crippen LogP contribution in [-0.2, 0) is 22.9 Å². The van der Waals surface area contributed by atoms with Crippen LogP contribution in [0.4, 0.5) is 0 Å². The van der Waals surface area contributed by atoms with E-state index in [4.69, 9.17) is 0 Å². The van der Waals surface area contributed by atoms with E-state index in [0.29, 0.717) is 4.90 Å². The molecule has 3 rings (SSSR count). The molecule has 1 aliphatic carbocycles. The molecular formula is C15H15NO2S. The first-order valence-corrected chi connectivity index (χ1v) is 7.78. The van der Waals surface area contributed by atoms with Gasteiger partial charge in [-0.3, -0.25) is 0 Å². The number of hydrogen-bond acceptors (Lipinski definition) is 2. The lowest BCUT2D eigenvalue weighted by molar-refractivity contribution is 0.555. The smallest absolute Gasteiger partial charge is 0.207 e. The Hall–Kier alpha value is -1.65. The van der Waals surface area contributed by atoms with Gasteiger partial charge >= 0.3 is 0 Å². The minimum Gasteiger partial charge on any atom is -0.207 e. The second kappa shape index (κ2) is 4.79. The number of sulfonamides is 1. The van der Waals surface area contributed by atoms with E-state index in [0.717, 1.165) is 12.8 Å². The predicted molar refractivity (Wildman–Crippen MR) is 74.4 cm³/mol. The third-order valence-corrected chi connectivity index (χ3v) is 4.96. The summed E-state index contributed by atoms with van der Waals surface area (Å²) in [5, 5.41) is 0. The van der Waals surface area contributed by atoms with Gasteiger partial charge in [0, 0.05) is 6.04 Å². The molecule has 0 aromatic heterocycles. The molecule has 2 aromatic rings. The zero-order chi connectivity index (χ0) is 13.3. The number of rotatable bonds is 3. The van der Waals surface area contributed by atoms with Crippen LogP contribution in [-0.4, -0.2) is 14.5 Å². The zero-order valence-corrected chi connectivity index (χ0v) is 11.2. The van der Waals surface area contributed by atoms with Crippen LogP contribution in [0.3, 0.4) is 0 Å². The molecule has 0 aliphatic heterocycles. The number of benzene rings is 2. The van der Waals surface area contributed by atoms with Crippen LogP contribution in [0.2, 0.25) is 0 Å². The Morgan fingerprint density at radius 1 is 0.842 bits per heavy atom. The molecule has 0 radical (unpaired) electrons. The lowest BCUT2D eigenvalue weighted by Crippen LogP contribution is -2.35. The molecular weight excluding hydrogens is 258 g/mol. The largest absolute Gasteiger partial charge is 0.240 e. The molecule has 0 saturated heterocycles. The Bertz CT molecular complexity index is 655. The molecule has 0 bridgehead atoms. The molecule has 1 N–H and O–H groups in total. The Kier molecular flexibility index (Phi) is 3.12. The van der Waals surface area contributed by atoms with Crippen LogP contribution < -0.4 is 4.72 Å². The number of fused-ring (bicyclic) bond motifs is 1. The second-order valence-electron chi connectivity index (χ2n) is 4.81. The number of nitrogens with one attached hydrogen (secondary N) is 1. The van der Waals surface area contributed by atoms with Gasteiger partial charge in [0.05, 0.1) is 4.90 Å². The Labute approximate surface area is 113 Å². The summed E-state index contributed by atoms with van der Waals surface area (Å²) in [7, 11) is -3.41. The molecule has 0 saturated carbocycles. The van der Waals surface area contributed by atoms with Gasteiger partial charge < -0.3 is 0 Å². The maximum Gasteiger partial charge on any atom is 0.240 e. The average molecular weight is 273 g/mol. The first kappa shape index (κ1) is 12.4. The third kappa shape index (κ3) is 2.55. The summed E-state index contributed by atoms with van der Waals surface area (Å²) < 4.78 is 27.2. The molecule has 2 aromatic carbocycles. The molecule has 19 heavy (non-hydrogen) atoms. The highest BCUT2D eigenvalue weighted by Crippen LogP contribution is 2.23. The van der Waals surface area contributed by atoms with Crippen molar-refractivity contribution < 1.29 is 8.42 Å². The van der Waals surface area contributed by atoms with Crippen molar-refractivity contribution in [1.82, 2.24) is 4.72 Å². The Balaban J connectivity index is 1.78. The fourth-order valence-corrected chi connectivity index (χ4v) is 3.79. The number of hydrogen-bond donors (Lipinski definition) is 1. The van der Waals surface area contributed by atoms with Gasteiger partial charge in [0.25, 0.3) is 0 Å². The van der Waals surface area contributed by atoms with Crippen molar-refractivity contribution in [3.8, 4) is 0 Å². The summed E-state index contributed by atoms with van der Waals surface area (Å²) >= 11 is 0. The molecule has 0 fully saturated rings. The monoisotopic (exact) mass is 273 g/mol. The van der Waals surface area contributed by atoms with Gasteiger partial charge in [0.1, 0.15) is 0 Å². The highest BCUT2D eigenvalue weighted by atomic mass is 32.2. The fourth-order valence-electron chi connectivity index (χ4n) is 2.53. The van der Waals surface area contributed by atoms with E-state index in [1.807, 2.05) is 18.2 Å². The molecule has 1 aliphatic rings. The minimum absolute atomic E-state index is 0.0393. The van der Waals surface area contributed by atoms with Crippen LogP contribution in [0.1, 0.15) is 11.1 Å². The minimum atomic E-state index is -3.41. The van der Waals surface area contributed by atoms with Crippen LogP contribution in [0, 0.1) is 0 Å². The Morgan fingerprint density at radius 2 is 1.37 bits per heavy atom. The third-order valence-electron chi connectivity index (χ3n) is 3.43. The molecule has 98 valence electrons. The SMILES string of the molecule is O=S(=O)(NC1Cc2ccccc2C1)c1ccccc1. The predicted octanol–water partition coefficient (Wildman–Crippen LogP) is 2.13. The second-order valence-corrected chi connectivity index (χ2v) is 6.52. The van der Waals surface area contributed by atoms with Crippen molar-refractivity contribution >= 4 is 10.0 Å². The summed E-state index contributed by atoms with van der Waals surface area (Å²) in [6.45, 7) is 0. The maximum atomic E-state index is 12.2. The standard InChI is InChI=1S/C15H15NO2S/c17-19(18,15-8-2-1-3-9-15)16-14-10-12-6-4-5-7-13(12)11-14/h1-9,14,16H,10-11H2. The molecule has 0 heterocycles. The normalized spacial score (nSPS) is 15.4. The summed E-state index contributed by atoms with van der Waals surface area (Å²) in [4.78, 5) is 0.325. The van der Waals surface area contributed by atoms with E-state index in [1.54, 1.807) is 24.3 Å². The summed E-state index contributed by atoms with van der Waals surface area (Å²) in [6, 6.07) is 16.6. The van der Waals surface area contributed by atoms with Crippen molar-refractivity contribution in [2.45, 2.75) is 23.8 Å². The van der Waals surface area contributed by atoms with Gasteiger partial charge in [-0.05, 0) is 36.1 Å². The van der Waals surface area contributed by atoms with E-state index in [1.165, 1.54) is 11.1 Å². The van der Waals surface area contributed by atoms with Crippen molar-refractivity contribution in [2.75, 3.05) is 0 Å². The fraction of sp³-hybridized carbons (Fsp3) is 0.200. The first-order chi connectivity index (χ1) is 9.15. The van der Waals surface area contributed by atoms with Gasteiger partial charge in [0.15, 0.2) is 0 Å². The van der Waals surface area contributed by atoms with Crippen molar-refractivity contribution in [3.63, 3.8) is 0 Å². The summed E-state index contributed by atoms with van der Waals surface area (Å²) in [6.07, 6.45) is 1.53. The van der Waals surface area contributed by atoms with Crippen LogP contribution in [0.15, 0.2) is 59.5 Å². The van der Waals surface area contributed by atoms with Crippen LogP contribution in [0.25, 0.3) is 0 Å². The zero-order valence-electron chi connectivity index (χ0n) is 10.4. The van der Waals surface area contributed by atoms with Crippen LogP contribution >= 0.6 is 0 Å². The van der Waals surface area contributed by atoms with Crippen LogP contribution in [0.5, 0.6) is 0 Å². The van der Waals surface area contributed by atoms with Crippen molar-refractivity contribution in [3.05, 3.63) is 65.7 Å². The topological polar surface area (TPSA) is 46.2 Å². The summed E-state index contributed by atoms with van der Waals surface area (Å²) in [5.41, 5.74) is 2.48. The van der Waals surface area contributed by atoms with Crippen molar-refractivity contribution in [2.24, 2.45) is 0 Å². The van der Waals surface area contributed by atoms with E-state index in [2.05, 4.69) is 16.9 Å². The molecule has 4 heteroatoms. The first-order valence-electron chi connectivity index (χ1n) is 6.29. The Morgan fingerprint density at radius 3 is 1.95 bits per heavy atom. The van der Waals surface area contributed by atoms with Gasteiger partial charge in [-0.1, -0.05) is 42.5 Å². The molecule has 0 atom stereocenters. The maximum absolute atomic E-state index is 12.2. The highest BCUT2D eigenvalue weighted by Gasteiger charge is 2.25. The average Bonchev–Trinajstić information content (AvgIpc) is 2.81. The van der Waals surface area contributed by atoms with E-state index in [9.17, 15) is 8.42 Å². The van der Waals surface area contributed by atoms with Gasteiger partial charge in [-0.25, -0.2) is 13.1 Å². The van der Waals surface area contributed by atoms with Gasteiger partial charge in [-0.2, -0.15) is 0 Å². The highest BCUT2D eigenvalue weighted by molar-refractivity contribution is 7.89. The molecule has 0 amide bonds. The van der Waals surface area contributed by atoms with E-state index in [-0.39, 0.29) is 6.04 Å². The van der Waals surface area contributed by atoms with E-state index < -0.39 is 10.0 Å².